The van der Waals surface area contributed by atoms with Crippen LogP contribution in [0.2, 0.25) is 0 Å². The van der Waals surface area contributed by atoms with E-state index in [2.05, 4.69) is 48.7 Å². The second kappa shape index (κ2) is 6.87. The third kappa shape index (κ3) is 3.45. The molecule has 1 fully saturated rings. The summed E-state index contributed by atoms with van der Waals surface area (Å²) in [5.41, 5.74) is 7.70. The third-order valence-electron chi connectivity index (χ3n) is 3.40. The Morgan fingerprint density at radius 3 is 2.89 bits per heavy atom. The summed E-state index contributed by atoms with van der Waals surface area (Å²) < 4.78 is 1.97. The predicted octanol–water partition coefficient (Wildman–Crippen LogP) is 2.40. The summed E-state index contributed by atoms with van der Waals surface area (Å²) in [4.78, 5) is 0. The molecule has 1 saturated heterocycles. The molecule has 0 radical (unpaired) electrons. The highest BCUT2D eigenvalue weighted by molar-refractivity contribution is 8.07. The van der Waals surface area contributed by atoms with Crippen LogP contribution in [0, 0.1) is 0 Å². The lowest BCUT2D eigenvalue weighted by atomic mass is 10.0. The normalized spacial score (nSPS) is 26.2. The van der Waals surface area contributed by atoms with Crippen molar-refractivity contribution in [1.82, 2.24) is 9.78 Å². The lowest BCUT2D eigenvalue weighted by Gasteiger charge is -2.34. The average molecular weight is 285 g/mol. The van der Waals surface area contributed by atoms with Gasteiger partial charge in [0.15, 0.2) is 0 Å². The fourth-order valence-electron chi connectivity index (χ4n) is 2.41. The van der Waals surface area contributed by atoms with Gasteiger partial charge in [-0.25, -0.2) is 0 Å². The Hall–Kier alpha value is -0.130. The van der Waals surface area contributed by atoms with E-state index in [1.165, 1.54) is 23.5 Å². The van der Waals surface area contributed by atoms with E-state index in [0.717, 1.165) is 18.2 Å². The molecular weight excluding hydrogens is 262 g/mol. The maximum atomic E-state index is 6.43. The van der Waals surface area contributed by atoms with Crippen LogP contribution in [0.1, 0.15) is 25.8 Å². The number of aromatic nitrogens is 2. The Morgan fingerprint density at radius 1 is 1.44 bits per heavy atom. The number of nitrogens with zero attached hydrogens (tertiary/aromatic N) is 2. The smallest absolute Gasteiger partial charge is 0.0522 e. The van der Waals surface area contributed by atoms with Crippen LogP contribution in [0.25, 0.3) is 0 Å². The van der Waals surface area contributed by atoms with Crippen molar-refractivity contribution in [1.29, 1.82) is 0 Å². The summed E-state index contributed by atoms with van der Waals surface area (Å²) >= 11 is 4.16. The Balaban J connectivity index is 1.95. The molecule has 1 aromatic heterocycles. The topological polar surface area (TPSA) is 43.8 Å². The number of hydrogen-bond acceptors (Lipinski definition) is 4. The minimum absolute atomic E-state index is 0.252. The van der Waals surface area contributed by atoms with Gasteiger partial charge in [0.1, 0.15) is 0 Å². The van der Waals surface area contributed by atoms with Crippen LogP contribution in [-0.2, 0) is 13.0 Å². The van der Waals surface area contributed by atoms with Crippen LogP contribution in [0.3, 0.4) is 0 Å². The zero-order valence-corrected chi connectivity index (χ0v) is 12.8. The van der Waals surface area contributed by atoms with E-state index in [-0.39, 0.29) is 6.04 Å². The molecule has 2 N–H and O–H groups in total. The van der Waals surface area contributed by atoms with Gasteiger partial charge >= 0.3 is 0 Å². The number of rotatable bonds is 5. The quantitative estimate of drug-likeness (QED) is 0.902. The monoisotopic (exact) mass is 285 g/mol. The van der Waals surface area contributed by atoms with Crippen LogP contribution in [0.4, 0.5) is 0 Å². The molecular formula is C13H23N3S2. The molecule has 3 atom stereocenters. The molecule has 2 heterocycles. The van der Waals surface area contributed by atoms with Crippen LogP contribution in [0.15, 0.2) is 12.4 Å². The predicted molar refractivity (Wildman–Crippen MR) is 82.4 cm³/mol. The van der Waals surface area contributed by atoms with Crippen molar-refractivity contribution in [2.75, 3.05) is 11.5 Å². The van der Waals surface area contributed by atoms with Crippen LogP contribution < -0.4 is 5.73 Å². The van der Waals surface area contributed by atoms with Crippen molar-refractivity contribution in [3.63, 3.8) is 0 Å². The summed E-state index contributed by atoms with van der Waals surface area (Å²) in [7, 11) is 0. The van der Waals surface area contributed by atoms with Gasteiger partial charge < -0.3 is 5.73 Å². The summed E-state index contributed by atoms with van der Waals surface area (Å²) in [6.07, 6.45) is 6.27. The summed E-state index contributed by atoms with van der Waals surface area (Å²) in [5.74, 6) is 2.52. The number of hydrogen-bond donors (Lipinski definition) is 1. The molecule has 2 rings (SSSR count). The first kappa shape index (κ1) is 14.3. The molecule has 1 aliphatic rings. The fourth-order valence-corrected chi connectivity index (χ4v) is 5.60. The van der Waals surface area contributed by atoms with Gasteiger partial charge in [0.25, 0.3) is 0 Å². The number of aryl methyl sites for hydroxylation is 1. The highest BCUT2D eigenvalue weighted by atomic mass is 32.2. The second-order valence-electron chi connectivity index (χ2n) is 4.73. The van der Waals surface area contributed by atoms with Gasteiger partial charge in [0.2, 0.25) is 0 Å². The van der Waals surface area contributed by atoms with Crippen LogP contribution in [0.5, 0.6) is 0 Å². The Kier molecular flexibility index (Phi) is 5.45. The van der Waals surface area contributed by atoms with Gasteiger partial charge in [-0.15, -0.1) is 0 Å². The Labute approximate surface area is 118 Å². The highest BCUT2D eigenvalue weighted by Gasteiger charge is 2.30. The molecule has 0 saturated carbocycles. The first-order chi connectivity index (χ1) is 8.74. The van der Waals surface area contributed by atoms with Crippen molar-refractivity contribution in [2.45, 2.75) is 49.8 Å². The molecule has 0 bridgehead atoms. The van der Waals surface area contributed by atoms with Crippen molar-refractivity contribution in [3.8, 4) is 0 Å². The van der Waals surface area contributed by atoms with Crippen LogP contribution >= 0.6 is 23.5 Å². The number of nitrogens with two attached hydrogens (primary N) is 1. The molecule has 1 aliphatic heterocycles. The molecule has 18 heavy (non-hydrogen) atoms. The molecule has 3 unspecified atom stereocenters. The van der Waals surface area contributed by atoms with Crippen molar-refractivity contribution >= 4 is 23.5 Å². The zero-order chi connectivity index (χ0) is 13.0. The molecule has 3 nitrogen and oxygen atoms in total. The van der Waals surface area contributed by atoms with Gasteiger partial charge in [-0.1, -0.05) is 6.92 Å². The van der Waals surface area contributed by atoms with E-state index in [0.29, 0.717) is 5.25 Å². The molecule has 102 valence electrons. The van der Waals surface area contributed by atoms with Gasteiger partial charge in [-0.3, -0.25) is 4.68 Å². The molecule has 1 aromatic rings. The zero-order valence-electron chi connectivity index (χ0n) is 11.2. The standard InChI is InChI=1S/C13H23N3S2/c1-3-12-13(18-6-5-17-12)11(14)7-10-8-15-16(4-2)9-10/h8-9,11-13H,3-7,14H2,1-2H3. The van der Waals surface area contributed by atoms with E-state index in [9.17, 15) is 0 Å². The SMILES string of the molecule is CCC1SCCSC1C(N)Cc1cnn(CC)c1. The Bertz CT molecular complexity index is 367. The minimum atomic E-state index is 0.252. The third-order valence-corrected chi connectivity index (χ3v) is 6.83. The maximum absolute atomic E-state index is 6.43. The van der Waals surface area contributed by atoms with E-state index < -0.39 is 0 Å². The highest BCUT2D eigenvalue weighted by Crippen LogP contribution is 2.35. The lowest BCUT2D eigenvalue weighted by Crippen LogP contribution is -2.43. The average Bonchev–Trinajstić information content (AvgIpc) is 2.86. The van der Waals surface area contributed by atoms with E-state index in [1.54, 1.807) is 0 Å². The molecule has 5 heteroatoms. The first-order valence-corrected chi connectivity index (χ1v) is 8.84. The van der Waals surface area contributed by atoms with E-state index in [1.807, 2.05) is 10.9 Å². The molecule has 0 spiro atoms. The second-order valence-corrected chi connectivity index (χ2v) is 7.36. The Morgan fingerprint density at radius 2 is 2.22 bits per heavy atom. The van der Waals surface area contributed by atoms with E-state index in [4.69, 9.17) is 5.73 Å². The molecule has 0 aliphatic carbocycles. The van der Waals surface area contributed by atoms with Crippen molar-refractivity contribution in [3.05, 3.63) is 18.0 Å². The summed E-state index contributed by atoms with van der Waals surface area (Å²) in [6.45, 7) is 5.32. The van der Waals surface area contributed by atoms with Gasteiger partial charge in [0, 0.05) is 40.8 Å². The van der Waals surface area contributed by atoms with Gasteiger partial charge in [-0.05, 0) is 25.3 Å². The summed E-state index contributed by atoms with van der Waals surface area (Å²) in [5, 5.41) is 5.64. The van der Waals surface area contributed by atoms with Crippen molar-refractivity contribution < 1.29 is 0 Å². The lowest BCUT2D eigenvalue weighted by molar-refractivity contribution is 0.596. The summed E-state index contributed by atoms with van der Waals surface area (Å²) in [6, 6.07) is 0.252. The largest absolute Gasteiger partial charge is 0.326 e. The molecule has 0 aromatic carbocycles. The fraction of sp³-hybridized carbons (Fsp3) is 0.769. The van der Waals surface area contributed by atoms with Gasteiger partial charge in [-0.2, -0.15) is 28.6 Å². The minimum Gasteiger partial charge on any atom is -0.326 e. The van der Waals surface area contributed by atoms with E-state index >= 15 is 0 Å². The van der Waals surface area contributed by atoms with Crippen molar-refractivity contribution in [2.24, 2.45) is 5.73 Å². The van der Waals surface area contributed by atoms with Crippen LogP contribution in [-0.4, -0.2) is 37.8 Å². The number of thioether (sulfide) groups is 2. The van der Waals surface area contributed by atoms with Gasteiger partial charge in [0.05, 0.1) is 6.20 Å². The first-order valence-electron chi connectivity index (χ1n) is 6.74. The maximum Gasteiger partial charge on any atom is 0.0522 e. The molecule has 0 amide bonds.